The van der Waals surface area contributed by atoms with Gasteiger partial charge in [-0.05, 0) is 111 Å². The summed E-state index contributed by atoms with van der Waals surface area (Å²) in [4.78, 5) is 2.44. The summed E-state index contributed by atoms with van der Waals surface area (Å²) in [7, 11) is 0. The lowest BCUT2D eigenvalue weighted by molar-refractivity contribution is 0.670. The molecule has 0 saturated heterocycles. The first-order valence-corrected chi connectivity index (χ1v) is 22.9. The third-order valence-corrected chi connectivity index (χ3v) is 13.4. The van der Waals surface area contributed by atoms with E-state index in [-0.39, 0.29) is 0 Å². The van der Waals surface area contributed by atoms with E-state index in [1.54, 1.807) is 0 Å². The number of hydrogen-bond donors (Lipinski definition) is 0. The largest absolute Gasteiger partial charge is 0.455 e. The Bertz CT molecular complexity index is 3920. The topological polar surface area (TPSA) is 21.3 Å². The van der Waals surface area contributed by atoms with E-state index in [0.29, 0.717) is 0 Å². The molecule has 2 heterocycles. The van der Waals surface area contributed by atoms with Crippen LogP contribution in [0.1, 0.15) is 0 Å². The number of aromatic nitrogens is 1. The number of rotatable bonds is 8. The smallest absolute Gasteiger partial charge is 0.145 e. The first kappa shape index (κ1) is 38.5. The zero-order valence-electron chi connectivity index (χ0n) is 36.6. The van der Waals surface area contributed by atoms with Crippen molar-refractivity contribution in [3.05, 3.63) is 255 Å². The molecule has 0 N–H and O–H groups in total. The molecule has 0 aliphatic carbocycles. The Kier molecular flexibility index (Phi) is 9.17. The van der Waals surface area contributed by atoms with Gasteiger partial charge in [-0.1, -0.05) is 188 Å². The van der Waals surface area contributed by atoms with Gasteiger partial charge in [0, 0.05) is 38.7 Å². The maximum Gasteiger partial charge on any atom is 0.145 e. The van der Waals surface area contributed by atoms with E-state index in [9.17, 15) is 0 Å². The Morgan fingerprint density at radius 3 is 1.66 bits per heavy atom. The lowest BCUT2D eigenvalue weighted by Crippen LogP contribution is -2.12. The molecule has 0 saturated carbocycles. The van der Waals surface area contributed by atoms with Crippen LogP contribution in [0, 0.1) is 0 Å². The number of fused-ring (bicyclic) bond motifs is 7. The quantitative estimate of drug-likeness (QED) is 0.152. The van der Waals surface area contributed by atoms with Crippen LogP contribution in [0.15, 0.2) is 259 Å². The molecule has 67 heavy (non-hydrogen) atoms. The summed E-state index contributed by atoms with van der Waals surface area (Å²) in [5.41, 5.74) is 17.4. The molecule has 3 nitrogen and oxygen atoms in total. The normalized spacial score (nSPS) is 11.6. The Morgan fingerprint density at radius 1 is 0.328 bits per heavy atom. The molecule has 0 amide bonds. The summed E-state index contributed by atoms with van der Waals surface area (Å²) in [6.45, 7) is 0. The van der Waals surface area contributed by atoms with Crippen molar-refractivity contribution in [3.63, 3.8) is 0 Å². The Labute approximate surface area is 388 Å². The third kappa shape index (κ3) is 6.51. The van der Waals surface area contributed by atoms with E-state index >= 15 is 0 Å². The first-order valence-electron chi connectivity index (χ1n) is 22.9. The molecule has 13 aromatic rings. The molecule has 11 aromatic carbocycles. The summed E-state index contributed by atoms with van der Waals surface area (Å²) in [5, 5.41) is 7.06. The van der Waals surface area contributed by atoms with Gasteiger partial charge in [-0.15, -0.1) is 0 Å². The van der Waals surface area contributed by atoms with Crippen LogP contribution in [0.2, 0.25) is 0 Å². The van der Waals surface area contributed by atoms with Gasteiger partial charge in [0.1, 0.15) is 11.2 Å². The minimum atomic E-state index is 0.845. The van der Waals surface area contributed by atoms with Crippen LogP contribution in [-0.2, 0) is 0 Å². The average molecular weight is 855 g/mol. The predicted octanol–water partition coefficient (Wildman–Crippen LogP) is 18.0. The van der Waals surface area contributed by atoms with Crippen molar-refractivity contribution >= 4 is 71.6 Å². The molecule has 0 aliphatic heterocycles. The maximum absolute atomic E-state index is 7.05. The molecule has 0 atom stereocenters. The van der Waals surface area contributed by atoms with Gasteiger partial charge in [0.05, 0.1) is 27.8 Å². The first-order chi connectivity index (χ1) is 33.2. The number of anilines is 3. The molecule has 3 heteroatoms. The molecule has 0 unspecified atom stereocenters. The summed E-state index contributed by atoms with van der Waals surface area (Å²) < 4.78 is 9.43. The van der Waals surface area contributed by atoms with Gasteiger partial charge >= 0.3 is 0 Å². The highest BCUT2D eigenvalue weighted by atomic mass is 16.3. The monoisotopic (exact) mass is 854 g/mol. The van der Waals surface area contributed by atoms with E-state index in [4.69, 9.17) is 4.42 Å². The standard InChI is InChI=1S/C64H42N2O/c1-3-17-43(18-4-1)47-35-39-60(57(42-47)45-19-5-2-6-20-45)65(49-36-33-46(34-37-49)52-29-16-22-44-21-7-8-25-51(44)52)61-40-38-53(64-63(61)56-28-11-14-32-62(56)67-64)48-23-15-24-50(41-48)66-58-30-12-9-26-54(58)55-27-10-13-31-59(55)66/h1-42H. The zero-order valence-corrected chi connectivity index (χ0v) is 36.6. The molecule has 0 aliphatic rings. The van der Waals surface area contributed by atoms with Crippen molar-refractivity contribution in [3.8, 4) is 50.2 Å². The van der Waals surface area contributed by atoms with Crippen LogP contribution in [-0.4, -0.2) is 4.57 Å². The molecule has 0 fully saturated rings. The SMILES string of the molecule is c1ccc(-c2ccc(N(c3ccc(-c4cccc5ccccc45)cc3)c3ccc(-c4cccc(-n5c6ccccc6c6ccccc65)c4)c4oc5ccccc5c34)c(-c3ccccc3)c2)cc1. The highest BCUT2D eigenvalue weighted by molar-refractivity contribution is 6.18. The van der Waals surface area contributed by atoms with E-state index in [1.807, 2.05) is 0 Å². The molecular formula is C64H42N2O. The van der Waals surface area contributed by atoms with Crippen LogP contribution in [0.4, 0.5) is 17.1 Å². The minimum absolute atomic E-state index is 0.845. The molecular weight excluding hydrogens is 813 g/mol. The Balaban J connectivity index is 1.05. The second kappa shape index (κ2) is 16.0. The lowest BCUT2D eigenvalue weighted by atomic mass is 9.94. The van der Waals surface area contributed by atoms with Gasteiger partial charge in [0.25, 0.3) is 0 Å². The van der Waals surface area contributed by atoms with Crippen molar-refractivity contribution in [2.75, 3.05) is 4.90 Å². The van der Waals surface area contributed by atoms with Crippen LogP contribution in [0.3, 0.4) is 0 Å². The average Bonchev–Trinajstić information content (AvgIpc) is 3.96. The van der Waals surface area contributed by atoms with Gasteiger partial charge in [-0.2, -0.15) is 0 Å². The van der Waals surface area contributed by atoms with E-state index in [0.717, 1.165) is 72.5 Å². The number of hydrogen-bond acceptors (Lipinski definition) is 2. The van der Waals surface area contributed by atoms with Crippen molar-refractivity contribution < 1.29 is 4.42 Å². The highest BCUT2D eigenvalue weighted by Gasteiger charge is 2.25. The number of furan rings is 1. The molecule has 0 bridgehead atoms. The fourth-order valence-electron chi connectivity index (χ4n) is 10.3. The predicted molar refractivity (Wildman–Crippen MR) is 282 cm³/mol. The second-order valence-corrected chi connectivity index (χ2v) is 17.2. The van der Waals surface area contributed by atoms with Crippen LogP contribution >= 0.6 is 0 Å². The summed E-state index contributed by atoms with van der Waals surface area (Å²) in [5.74, 6) is 0. The number of nitrogens with zero attached hydrogens (tertiary/aromatic N) is 2. The maximum atomic E-state index is 7.05. The molecule has 2 aromatic heterocycles. The second-order valence-electron chi connectivity index (χ2n) is 17.2. The Hall–Kier alpha value is -8.92. The summed E-state index contributed by atoms with van der Waals surface area (Å²) >= 11 is 0. The minimum Gasteiger partial charge on any atom is -0.455 e. The van der Waals surface area contributed by atoms with Gasteiger partial charge in [-0.3, -0.25) is 0 Å². The third-order valence-electron chi connectivity index (χ3n) is 13.4. The van der Waals surface area contributed by atoms with Crippen molar-refractivity contribution in [1.82, 2.24) is 4.57 Å². The fraction of sp³-hybridized carbons (Fsp3) is 0. The van der Waals surface area contributed by atoms with Crippen LogP contribution in [0.25, 0.3) is 105 Å². The lowest BCUT2D eigenvalue weighted by Gasteiger charge is -2.29. The van der Waals surface area contributed by atoms with Gasteiger partial charge < -0.3 is 13.9 Å². The van der Waals surface area contributed by atoms with Crippen molar-refractivity contribution in [2.45, 2.75) is 0 Å². The van der Waals surface area contributed by atoms with Crippen molar-refractivity contribution in [1.29, 1.82) is 0 Å². The number of benzene rings is 11. The summed E-state index contributed by atoms with van der Waals surface area (Å²) in [6, 6.07) is 91.8. The van der Waals surface area contributed by atoms with Gasteiger partial charge in [0.2, 0.25) is 0 Å². The molecule has 0 radical (unpaired) electrons. The van der Waals surface area contributed by atoms with Crippen LogP contribution < -0.4 is 4.90 Å². The van der Waals surface area contributed by atoms with E-state index in [2.05, 4.69) is 264 Å². The number of para-hydroxylation sites is 3. The van der Waals surface area contributed by atoms with Crippen LogP contribution in [0.5, 0.6) is 0 Å². The molecule has 0 spiro atoms. The Morgan fingerprint density at radius 2 is 0.896 bits per heavy atom. The van der Waals surface area contributed by atoms with Gasteiger partial charge in [-0.25, -0.2) is 0 Å². The summed E-state index contributed by atoms with van der Waals surface area (Å²) in [6.07, 6.45) is 0. The molecule has 314 valence electrons. The fourth-order valence-corrected chi connectivity index (χ4v) is 10.3. The van der Waals surface area contributed by atoms with E-state index in [1.165, 1.54) is 49.3 Å². The highest BCUT2D eigenvalue weighted by Crippen LogP contribution is 2.49. The van der Waals surface area contributed by atoms with E-state index < -0.39 is 0 Å². The zero-order chi connectivity index (χ0) is 44.3. The van der Waals surface area contributed by atoms with Gasteiger partial charge in [0.15, 0.2) is 0 Å². The molecule has 13 rings (SSSR count). The van der Waals surface area contributed by atoms with Crippen molar-refractivity contribution in [2.24, 2.45) is 0 Å².